The Labute approximate surface area is 160 Å². The number of aromatic nitrogens is 2. The molecule has 0 amide bonds. The summed E-state index contributed by atoms with van der Waals surface area (Å²) in [6.07, 6.45) is 0. The number of para-hydroxylation sites is 4. The molecular formula is C21H27N5O. The van der Waals surface area contributed by atoms with Crippen molar-refractivity contribution in [1.82, 2.24) is 14.5 Å². The second-order valence-corrected chi connectivity index (χ2v) is 6.91. The van der Waals surface area contributed by atoms with Crippen molar-refractivity contribution >= 4 is 22.7 Å². The first-order valence-corrected chi connectivity index (χ1v) is 9.52. The van der Waals surface area contributed by atoms with Gasteiger partial charge in [0.2, 0.25) is 5.95 Å². The van der Waals surface area contributed by atoms with Gasteiger partial charge in [-0.25, -0.2) is 4.98 Å². The summed E-state index contributed by atoms with van der Waals surface area (Å²) in [5.74, 6) is 1.89. The topological polar surface area (TPSA) is 45.6 Å². The van der Waals surface area contributed by atoms with E-state index in [4.69, 9.17) is 4.74 Å². The van der Waals surface area contributed by atoms with Crippen LogP contribution in [-0.4, -0.2) is 60.8 Å². The average Bonchev–Trinajstić information content (AvgIpc) is 3.04. The van der Waals surface area contributed by atoms with Crippen LogP contribution in [0.25, 0.3) is 11.0 Å². The van der Waals surface area contributed by atoms with E-state index >= 15 is 0 Å². The highest BCUT2D eigenvalue weighted by molar-refractivity contribution is 5.78. The lowest BCUT2D eigenvalue weighted by atomic mass is 10.2. The van der Waals surface area contributed by atoms with Crippen LogP contribution in [0.2, 0.25) is 0 Å². The number of benzene rings is 2. The van der Waals surface area contributed by atoms with Crippen molar-refractivity contribution in [3.8, 4) is 5.75 Å². The Bertz CT molecular complexity index is 898. The van der Waals surface area contributed by atoms with E-state index < -0.39 is 0 Å². The van der Waals surface area contributed by atoms with Crippen molar-refractivity contribution in [2.75, 3.05) is 56.6 Å². The van der Waals surface area contributed by atoms with Crippen LogP contribution in [0.5, 0.6) is 5.75 Å². The largest absolute Gasteiger partial charge is 0.495 e. The first-order chi connectivity index (χ1) is 13.3. The molecule has 0 spiro atoms. The second-order valence-electron chi connectivity index (χ2n) is 6.91. The molecule has 0 aliphatic carbocycles. The molecule has 6 heteroatoms. The Kier molecular flexibility index (Phi) is 5.16. The van der Waals surface area contributed by atoms with Crippen molar-refractivity contribution in [3.63, 3.8) is 0 Å². The number of piperazine rings is 1. The van der Waals surface area contributed by atoms with Crippen molar-refractivity contribution in [2.45, 2.75) is 0 Å². The van der Waals surface area contributed by atoms with E-state index in [0.717, 1.165) is 62.0 Å². The van der Waals surface area contributed by atoms with Gasteiger partial charge in [0.15, 0.2) is 0 Å². The summed E-state index contributed by atoms with van der Waals surface area (Å²) in [6, 6.07) is 16.5. The zero-order valence-corrected chi connectivity index (χ0v) is 16.1. The Balaban J connectivity index is 1.29. The highest BCUT2D eigenvalue weighted by atomic mass is 16.5. The van der Waals surface area contributed by atoms with Crippen LogP contribution in [0.3, 0.4) is 0 Å². The zero-order chi connectivity index (χ0) is 18.6. The van der Waals surface area contributed by atoms with Gasteiger partial charge in [0.1, 0.15) is 5.75 Å². The summed E-state index contributed by atoms with van der Waals surface area (Å²) >= 11 is 0. The van der Waals surface area contributed by atoms with Crippen LogP contribution >= 0.6 is 0 Å². The fraction of sp³-hybridized carbons (Fsp3) is 0.381. The van der Waals surface area contributed by atoms with Crippen LogP contribution in [0.4, 0.5) is 11.6 Å². The predicted molar refractivity (Wildman–Crippen MR) is 111 cm³/mol. The van der Waals surface area contributed by atoms with Crippen LogP contribution in [0.15, 0.2) is 48.5 Å². The molecule has 0 atom stereocenters. The van der Waals surface area contributed by atoms with Gasteiger partial charge in [-0.1, -0.05) is 24.3 Å². The maximum absolute atomic E-state index is 5.50. The Morgan fingerprint density at radius 1 is 1.00 bits per heavy atom. The molecule has 6 nitrogen and oxygen atoms in total. The van der Waals surface area contributed by atoms with Crippen molar-refractivity contribution in [3.05, 3.63) is 48.5 Å². The van der Waals surface area contributed by atoms with Gasteiger partial charge in [-0.2, -0.15) is 0 Å². The molecule has 0 unspecified atom stereocenters. The predicted octanol–water partition coefficient (Wildman–Crippen LogP) is 2.82. The molecular weight excluding hydrogens is 338 g/mol. The molecule has 1 saturated heterocycles. The molecule has 1 aromatic heterocycles. The standard InChI is InChI=1S/C21H27N5O/c1-24-18-8-4-3-7-17(18)23-21(24)22-11-12-25-13-15-26(16-14-25)19-9-5-6-10-20(19)27-2/h3-10H,11-16H2,1-2H3,(H,22,23). The van der Waals surface area contributed by atoms with Gasteiger partial charge in [0.25, 0.3) is 0 Å². The van der Waals surface area contributed by atoms with Crippen LogP contribution in [-0.2, 0) is 7.05 Å². The SMILES string of the molecule is COc1ccccc1N1CCN(CCNc2nc3ccccc3n2C)CC1. The monoisotopic (exact) mass is 365 g/mol. The Morgan fingerprint density at radius 3 is 2.52 bits per heavy atom. The molecule has 1 fully saturated rings. The first-order valence-electron chi connectivity index (χ1n) is 9.52. The number of nitrogens with one attached hydrogen (secondary N) is 1. The lowest BCUT2D eigenvalue weighted by Crippen LogP contribution is -2.47. The summed E-state index contributed by atoms with van der Waals surface area (Å²) in [4.78, 5) is 9.59. The van der Waals surface area contributed by atoms with Gasteiger partial charge in [-0.05, 0) is 24.3 Å². The number of fused-ring (bicyclic) bond motifs is 1. The van der Waals surface area contributed by atoms with Gasteiger partial charge in [0.05, 0.1) is 23.8 Å². The number of rotatable bonds is 6. The fourth-order valence-electron chi connectivity index (χ4n) is 3.73. The van der Waals surface area contributed by atoms with E-state index in [1.54, 1.807) is 7.11 Å². The normalized spacial score (nSPS) is 15.3. The van der Waals surface area contributed by atoms with Gasteiger partial charge in [-0.3, -0.25) is 4.90 Å². The lowest BCUT2D eigenvalue weighted by molar-refractivity contribution is 0.266. The van der Waals surface area contributed by atoms with E-state index in [-0.39, 0.29) is 0 Å². The van der Waals surface area contributed by atoms with E-state index in [1.165, 1.54) is 5.69 Å². The number of methoxy groups -OCH3 is 1. The molecule has 142 valence electrons. The highest BCUT2D eigenvalue weighted by Gasteiger charge is 2.19. The summed E-state index contributed by atoms with van der Waals surface area (Å²) in [7, 11) is 3.80. The van der Waals surface area contributed by atoms with Gasteiger partial charge < -0.3 is 19.5 Å². The van der Waals surface area contributed by atoms with E-state index in [9.17, 15) is 0 Å². The van der Waals surface area contributed by atoms with Crippen LogP contribution in [0.1, 0.15) is 0 Å². The number of anilines is 2. The number of imidazole rings is 1. The molecule has 0 saturated carbocycles. The van der Waals surface area contributed by atoms with Crippen molar-refractivity contribution in [1.29, 1.82) is 0 Å². The summed E-state index contributed by atoms with van der Waals surface area (Å²) in [5.41, 5.74) is 3.39. The molecule has 3 aromatic rings. The Hall–Kier alpha value is -2.73. The molecule has 0 radical (unpaired) electrons. The first kappa shape index (κ1) is 17.7. The maximum Gasteiger partial charge on any atom is 0.203 e. The third-order valence-corrected chi connectivity index (χ3v) is 5.30. The molecule has 4 rings (SSSR count). The van der Waals surface area contributed by atoms with Crippen molar-refractivity contribution < 1.29 is 4.74 Å². The van der Waals surface area contributed by atoms with Crippen LogP contribution in [0, 0.1) is 0 Å². The summed E-state index contributed by atoms with van der Waals surface area (Å²) in [5, 5.41) is 3.49. The average molecular weight is 365 g/mol. The smallest absolute Gasteiger partial charge is 0.203 e. The molecule has 1 aliphatic rings. The minimum absolute atomic E-state index is 0.895. The second kappa shape index (κ2) is 7.88. The molecule has 2 aromatic carbocycles. The van der Waals surface area contributed by atoms with E-state index in [0.29, 0.717) is 0 Å². The lowest BCUT2D eigenvalue weighted by Gasteiger charge is -2.36. The molecule has 1 aliphatic heterocycles. The van der Waals surface area contributed by atoms with Gasteiger partial charge in [-0.15, -0.1) is 0 Å². The summed E-state index contributed by atoms with van der Waals surface area (Å²) in [6.45, 7) is 6.07. The highest BCUT2D eigenvalue weighted by Crippen LogP contribution is 2.28. The zero-order valence-electron chi connectivity index (χ0n) is 16.1. The molecule has 1 N–H and O–H groups in total. The number of hydrogen-bond donors (Lipinski definition) is 1. The number of aryl methyl sites for hydroxylation is 1. The number of hydrogen-bond acceptors (Lipinski definition) is 5. The van der Waals surface area contributed by atoms with Crippen LogP contribution < -0.4 is 15.0 Å². The Morgan fingerprint density at radius 2 is 1.74 bits per heavy atom. The van der Waals surface area contributed by atoms with E-state index in [2.05, 4.69) is 62.0 Å². The minimum Gasteiger partial charge on any atom is -0.495 e. The minimum atomic E-state index is 0.895. The number of nitrogens with zero attached hydrogens (tertiary/aromatic N) is 4. The number of ether oxygens (including phenoxy) is 1. The fourth-order valence-corrected chi connectivity index (χ4v) is 3.73. The van der Waals surface area contributed by atoms with Crippen molar-refractivity contribution in [2.24, 2.45) is 7.05 Å². The molecule has 0 bridgehead atoms. The van der Waals surface area contributed by atoms with E-state index in [1.807, 2.05) is 18.2 Å². The summed E-state index contributed by atoms with van der Waals surface area (Å²) < 4.78 is 7.62. The third-order valence-electron chi connectivity index (χ3n) is 5.30. The maximum atomic E-state index is 5.50. The quantitative estimate of drug-likeness (QED) is 0.728. The van der Waals surface area contributed by atoms with Gasteiger partial charge >= 0.3 is 0 Å². The van der Waals surface area contributed by atoms with Gasteiger partial charge in [0, 0.05) is 46.3 Å². The molecule has 27 heavy (non-hydrogen) atoms. The third kappa shape index (κ3) is 3.71. The molecule has 2 heterocycles.